The molecule has 0 spiro atoms. The maximum atomic E-state index is 13.6. The molecule has 194 valence electrons. The molecule has 0 saturated carbocycles. The predicted octanol–water partition coefficient (Wildman–Crippen LogP) is 8.76. The Balaban J connectivity index is 1.64. The third-order valence-corrected chi connectivity index (χ3v) is 7.67. The topological polar surface area (TPSA) is 73.5 Å². The van der Waals surface area contributed by atoms with E-state index in [0.717, 1.165) is 9.15 Å². The van der Waals surface area contributed by atoms with Gasteiger partial charge in [-0.2, -0.15) is 9.78 Å². The zero-order chi connectivity index (χ0) is 27.7. The third-order valence-electron chi connectivity index (χ3n) is 5.55. The summed E-state index contributed by atoms with van der Waals surface area (Å²) in [6, 6.07) is 22.1. The lowest BCUT2D eigenvalue weighted by Gasteiger charge is -2.12. The molecule has 0 unspecified atom stereocenters. The number of hydrogen-bond acceptors (Lipinski definition) is 5. The Hall–Kier alpha value is -2.82. The molecule has 0 bridgehead atoms. The van der Waals surface area contributed by atoms with Crippen molar-refractivity contribution in [1.82, 2.24) is 9.66 Å². The molecule has 0 aliphatic rings. The first-order valence-electron chi connectivity index (χ1n) is 11.2. The van der Waals surface area contributed by atoms with Gasteiger partial charge in [0, 0.05) is 25.1 Å². The van der Waals surface area contributed by atoms with Gasteiger partial charge in [0.15, 0.2) is 11.6 Å². The van der Waals surface area contributed by atoms with Crippen molar-refractivity contribution in [3.63, 3.8) is 0 Å². The number of para-hydroxylation sites is 1. The number of ether oxygens (including phenoxy) is 1. The molecule has 0 radical (unpaired) electrons. The van der Waals surface area contributed by atoms with Crippen molar-refractivity contribution in [3.05, 3.63) is 124 Å². The molecule has 5 rings (SSSR count). The van der Waals surface area contributed by atoms with Gasteiger partial charge in [-0.15, -0.1) is 0 Å². The van der Waals surface area contributed by atoms with Crippen molar-refractivity contribution < 1.29 is 9.53 Å². The number of carbonyl (C=O) groups is 1. The maximum absolute atomic E-state index is 13.6. The second kappa shape index (κ2) is 11.7. The second-order valence-electron chi connectivity index (χ2n) is 8.14. The van der Waals surface area contributed by atoms with Crippen molar-refractivity contribution >= 4 is 94.1 Å². The zero-order valence-corrected chi connectivity index (χ0v) is 25.8. The SMILES string of the molecule is O=C(Oc1c(Br)cc(Br)cc1C=Nn1c(-c2ccc(Cl)cc2Cl)nc2ccccc2c1=O)c1ccc(Br)cc1. The average molecular weight is 751 g/mol. The molecule has 11 heteroatoms. The summed E-state index contributed by atoms with van der Waals surface area (Å²) in [5.74, 6) is -0.111. The molecule has 39 heavy (non-hydrogen) atoms. The van der Waals surface area contributed by atoms with Gasteiger partial charge in [-0.3, -0.25) is 4.79 Å². The number of rotatable bonds is 5. The lowest BCUT2D eigenvalue weighted by molar-refractivity contribution is 0.0733. The van der Waals surface area contributed by atoms with E-state index in [1.54, 1.807) is 78.9 Å². The van der Waals surface area contributed by atoms with Gasteiger partial charge in [-0.25, -0.2) is 9.78 Å². The van der Waals surface area contributed by atoms with Crippen molar-refractivity contribution in [2.75, 3.05) is 0 Å². The van der Waals surface area contributed by atoms with Gasteiger partial charge in [-0.05, 0) is 82.7 Å². The number of benzene rings is 4. The monoisotopic (exact) mass is 747 g/mol. The molecular formula is C28H14Br3Cl2N3O3. The molecule has 0 saturated heterocycles. The van der Waals surface area contributed by atoms with E-state index >= 15 is 0 Å². The van der Waals surface area contributed by atoms with Gasteiger partial charge >= 0.3 is 5.97 Å². The molecular weight excluding hydrogens is 737 g/mol. The highest BCUT2D eigenvalue weighted by molar-refractivity contribution is 9.11. The van der Waals surface area contributed by atoms with Crippen molar-refractivity contribution in [1.29, 1.82) is 0 Å². The average Bonchev–Trinajstić information content (AvgIpc) is 2.90. The van der Waals surface area contributed by atoms with Gasteiger partial charge in [0.1, 0.15) is 0 Å². The fraction of sp³-hybridized carbons (Fsp3) is 0. The van der Waals surface area contributed by atoms with E-state index in [0.29, 0.717) is 46.6 Å². The summed E-state index contributed by atoms with van der Waals surface area (Å²) in [4.78, 5) is 31.1. The van der Waals surface area contributed by atoms with Crippen LogP contribution in [-0.2, 0) is 0 Å². The summed E-state index contributed by atoms with van der Waals surface area (Å²) < 4.78 is 8.94. The molecule has 0 amide bonds. The first-order valence-corrected chi connectivity index (χ1v) is 14.3. The van der Waals surface area contributed by atoms with E-state index in [-0.39, 0.29) is 11.6 Å². The van der Waals surface area contributed by atoms with Gasteiger partial charge in [-0.1, -0.05) is 67.2 Å². The van der Waals surface area contributed by atoms with Crippen LogP contribution < -0.4 is 10.3 Å². The fourth-order valence-corrected chi connectivity index (χ4v) is 5.81. The highest BCUT2D eigenvalue weighted by Crippen LogP contribution is 2.33. The summed E-state index contributed by atoms with van der Waals surface area (Å²) in [6.45, 7) is 0. The summed E-state index contributed by atoms with van der Waals surface area (Å²) in [7, 11) is 0. The number of fused-ring (bicyclic) bond motifs is 1. The van der Waals surface area contributed by atoms with E-state index in [9.17, 15) is 9.59 Å². The normalized spacial score (nSPS) is 11.3. The third kappa shape index (κ3) is 6.02. The maximum Gasteiger partial charge on any atom is 0.343 e. The minimum Gasteiger partial charge on any atom is -0.421 e. The van der Waals surface area contributed by atoms with E-state index in [1.165, 1.54) is 6.21 Å². The van der Waals surface area contributed by atoms with Gasteiger partial charge in [0.2, 0.25) is 0 Å². The van der Waals surface area contributed by atoms with Crippen LogP contribution >= 0.6 is 71.0 Å². The summed E-state index contributed by atoms with van der Waals surface area (Å²) in [6.07, 6.45) is 1.42. The number of carbonyl (C=O) groups excluding carboxylic acids is 1. The predicted molar refractivity (Wildman–Crippen MR) is 165 cm³/mol. The van der Waals surface area contributed by atoms with E-state index < -0.39 is 11.5 Å². The van der Waals surface area contributed by atoms with Crippen LogP contribution in [0, 0.1) is 0 Å². The molecule has 4 aromatic carbocycles. The minimum atomic E-state index is -0.557. The Labute approximate surface area is 257 Å². The van der Waals surface area contributed by atoms with Crippen LogP contribution in [0.3, 0.4) is 0 Å². The van der Waals surface area contributed by atoms with Gasteiger partial charge in [0.25, 0.3) is 5.56 Å². The minimum absolute atomic E-state index is 0.221. The largest absolute Gasteiger partial charge is 0.421 e. The first kappa shape index (κ1) is 27.7. The Kier molecular flexibility index (Phi) is 8.35. The molecule has 0 aliphatic carbocycles. The number of esters is 1. The van der Waals surface area contributed by atoms with Gasteiger partial charge in [0.05, 0.1) is 32.2 Å². The van der Waals surface area contributed by atoms with E-state index in [1.807, 2.05) is 0 Å². The molecule has 0 aliphatic heterocycles. The summed E-state index contributed by atoms with van der Waals surface area (Å²) >= 11 is 22.9. The Morgan fingerprint density at radius 1 is 0.923 bits per heavy atom. The molecule has 5 aromatic rings. The highest BCUT2D eigenvalue weighted by atomic mass is 79.9. The van der Waals surface area contributed by atoms with Crippen LogP contribution in [-0.4, -0.2) is 21.8 Å². The van der Waals surface area contributed by atoms with Crippen molar-refractivity contribution in [2.45, 2.75) is 0 Å². The molecule has 1 aromatic heterocycles. The number of aromatic nitrogens is 2. The quantitative estimate of drug-likeness (QED) is 0.102. The van der Waals surface area contributed by atoms with Crippen LogP contribution in [0.25, 0.3) is 22.3 Å². The summed E-state index contributed by atoms with van der Waals surface area (Å²) in [5, 5.41) is 5.61. The zero-order valence-electron chi connectivity index (χ0n) is 19.5. The number of nitrogens with zero attached hydrogens (tertiary/aromatic N) is 3. The van der Waals surface area contributed by atoms with Crippen LogP contribution in [0.15, 0.2) is 102 Å². The Bertz CT molecular complexity index is 1840. The molecule has 0 N–H and O–H groups in total. The van der Waals surface area contributed by atoms with Crippen LogP contribution in [0.1, 0.15) is 15.9 Å². The van der Waals surface area contributed by atoms with Crippen molar-refractivity contribution in [3.8, 4) is 17.1 Å². The molecule has 1 heterocycles. The van der Waals surface area contributed by atoms with Crippen LogP contribution in [0.4, 0.5) is 0 Å². The fourth-order valence-electron chi connectivity index (χ4n) is 3.72. The first-order chi connectivity index (χ1) is 18.7. The van der Waals surface area contributed by atoms with Crippen LogP contribution in [0.2, 0.25) is 10.0 Å². The Morgan fingerprint density at radius 3 is 2.41 bits per heavy atom. The number of halogens is 5. The molecule has 6 nitrogen and oxygen atoms in total. The van der Waals surface area contributed by atoms with E-state index in [4.69, 9.17) is 27.9 Å². The standard InChI is InChI=1S/C28H14Br3Cl2N3O3/c29-17-7-5-15(6-8-17)28(38)39-25-16(11-18(30)12-22(25)31)14-34-36-26(20-10-9-19(32)13-23(20)33)35-24-4-2-1-3-21(24)27(36)37/h1-14H. The summed E-state index contributed by atoms with van der Waals surface area (Å²) in [5.41, 5.74) is 1.35. The van der Waals surface area contributed by atoms with Crippen molar-refractivity contribution in [2.24, 2.45) is 5.10 Å². The molecule has 0 fully saturated rings. The lowest BCUT2D eigenvalue weighted by Crippen LogP contribution is -2.20. The second-order valence-corrected chi connectivity index (χ2v) is 11.7. The Morgan fingerprint density at radius 2 is 1.67 bits per heavy atom. The number of hydrogen-bond donors (Lipinski definition) is 0. The van der Waals surface area contributed by atoms with E-state index in [2.05, 4.69) is 57.9 Å². The van der Waals surface area contributed by atoms with Gasteiger partial charge < -0.3 is 4.74 Å². The lowest BCUT2D eigenvalue weighted by atomic mass is 10.2. The smallest absolute Gasteiger partial charge is 0.343 e. The highest BCUT2D eigenvalue weighted by Gasteiger charge is 2.18. The van der Waals surface area contributed by atoms with Crippen LogP contribution in [0.5, 0.6) is 5.75 Å². The molecule has 0 atom stereocenters.